The van der Waals surface area contributed by atoms with E-state index in [2.05, 4.69) is 16.0 Å². The number of carbonyl (C=O) groups is 3. The van der Waals surface area contributed by atoms with Crippen LogP contribution in [0.4, 0.5) is 5.69 Å². The molecule has 0 fully saturated rings. The number of nitrogens with one attached hydrogen (secondary N) is 4. The lowest BCUT2D eigenvalue weighted by Crippen LogP contribution is -3.11. The first-order valence-corrected chi connectivity index (χ1v) is 8.63. The predicted molar refractivity (Wildman–Crippen MR) is 97.6 cm³/mol. The fraction of sp³-hybridized carbons (Fsp3) is 0.471. The lowest BCUT2D eigenvalue weighted by molar-refractivity contribution is -0.862. The smallest absolute Gasteiger partial charge is 0.279 e. The Bertz CT molecular complexity index is 592. The molecule has 7 nitrogen and oxygen atoms in total. The second-order valence-corrected chi connectivity index (χ2v) is 6.38. The molecule has 0 aromatic heterocycles. The third-order valence-electron chi connectivity index (χ3n) is 3.37. The van der Waals surface area contributed by atoms with Crippen LogP contribution >= 0.6 is 11.6 Å². The van der Waals surface area contributed by atoms with Crippen LogP contribution in [0.3, 0.4) is 0 Å². The zero-order chi connectivity index (χ0) is 18.8. The molecule has 0 aliphatic heterocycles. The number of amides is 3. The van der Waals surface area contributed by atoms with E-state index in [1.807, 2.05) is 6.92 Å². The third kappa shape index (κ3) is 8.51. The number of hydrogen-bond donors (Lipinski definition) is 4. The number of quaternary nitrogens is 1. The van der Waals surface area contributed by atoms with Crippen LogP contribution in [0.2, 0.25) is 5.02 Å². The highest BCUT2D eigenvalue weighted by Crippen LogP contribution is 2.12. The van der Waals surface area contributed by atoms with E-state index in [1.54, 1.807) is 38.2 Å². The Morgan fingerprint density at radius 3 is 2.32 bits per heavy atom. The Kier molecular flexibility index (Phi) is 8.94. The molecule has 1 aromatic carbocycles. The number of carbonyl (C=O) groups excluding carboxylic acids is 3. The first kappa shape index (κ1) is 20.9. The Labute approximate surface area is 153 Å². The minimum absolute atomic E-state index is 0.0967. The van der Waals surface area contributed by atoms with Crippen LogP contribution < -0.4 is 20.9 Å². The van der Waals surface area contributed by atoms with Gasteiger partial charge in [-0.25, -0.2) is 0 Å². The van der Waals surface area contributed by atoms with Crippen molar-refractivity contribution < 1.29 is 19.3 Å². The van der Waals surface area contributed by atoms with Gasteiger partial charge in [0.1, 0.15) is 6.04 Å². The number of halogens is 1. The van der Waals surface area contributed by atoms with Crippen molar-refractivity contribution >= 4 is 35.0 Å². The average molecular weight is 370 g/mol. The summed E-state index contributed by atoms with van der Waals surface area (Å²) in [7, 11) is 1.74. The highest BCUT2D eigenvalue weighted by molar-refractivity contribution is 6.30. The van der Waals surface area contributed by atoms with Gasteiger partial charge in [-0.15, -0.1) is 0 Å². The minimum Gasteiger partial charge on any atom is -0.354 e. The summed E-state index contributed by atoms with van der Waals surface area (Å²) in [6.07, 6.45) is 0.835. The molecule has 0 aliphatic carbocycles. The van der Waals surface area contributed by atoms with Crippen molar-refractivity contribution in [2.24, 2.45) is 0 Å². The maximum atomic E-state index is 12.0. The molecule has 0 saturated carbocycles. The first-order valence-electron chi connectivity index (χ1n) is 8.25. The summed E-state index contributed by atoms with van der Waals surface area (Å²) in [5, 5.41) is 8.68. The maximum absolute atomic E-state index is 12.0. The molecular weight excluding hydrogens is 344 g/mol. The largest absolute Gasteiger partial charge is 0.354 e. The Hall–Kier alpha value is -2.12. The first-order chi connectivity index (χ1) is 11.8. The van der Waals surface area contributed by atoms with Gasteiger partial charge < -0.3 is 20.9 Å². The van der Waals surface area contributed by atoms with Crippen molar-refractivity contribution in [2.75, 3.05) is 32.0 Å². The van der Waals surface area contributed by atoms with Gasteiger partial charge in [-0.2, -0.15) is 0 Å². The van der Waals surface area contributed by atoms with Crippen molar-refractivity contribution in [1.29, 1.82) is 0 Å². The van der Waals surface area contributed by atoms with Crippen molar-refractivity contribution in [3.05, 3.63) is 29.3 Å². The normalized spacial score (nSPS) is 12.8. The number of hydrogen-bond acceptors (Lipinski definition) is 3. The third-order valence-corrected chi connectivity index (χ3v) is 3.62. The lowest BCUT2D eigenvalue weighted by atomic mass is 10.3. The second-order valence-electron chi connectivity index (χ2n) is 5.95. The Morgan fingerprint density at radius 2 is 1.72 bits per heavy atom. The molecule has 1 rings (SSSR count). The molecule has 1 aromatic rings. The highest BCUT2D eigenvalue weighted by Gasteiger charge is 2.19. The molecule has 0 aliphatic rings. The summed E-state index contributed by atoms with van der Waals surface area (Å²) in [6.45, 7) is 4.39. The summed E-state index contributed by atoms with van der Waals surface area (Å²) in [5.74, 6) is -0.703. The molecule has 8 heteroatoms. The highest BCUT2D eigenvalue weighted by atomic mass is 35.5. The van der Waals surface area contributed by atoms with E-state index in [-0.39, 0.29) is 30.8 Å². The van der Waals surface area contributed by atoms with Crippen LogP contribution in [-0.2, 0) is 14.4 Å². The molecule has 25 heavy (non-hydrogen) atoms. The van der Waals surface area contributed by atoms with Crippen molar-refractivity contribution in [3.8, 4) is 0 Å². The van der Waals surface area contributed by atoms with E-state index >= 15 is 0 Å². The Morgan fingerprint density at radius 1 is 1.12 bits per heavy atom. The molecular formula is C17H26ClN4O3+. The van der Waals surface area contributed by atoms with Crippen molar-refractivity contribution in [1.82, 2.24) is 10.6 Å². The van der Waals surface area contributed by atoms with Crippen LogP contribution in [0.15, 0.2) is 24.3 Å². The SMILES string of the molecule is CCCNC(=O)[C@@H](C)NC(=O)C[NH+](C)CC(=O)Nc1ccc(Cl)cc1. The molecule has 0 heterocycles. The summed E-state index contributed by atoms with van der Waals surface area (Å²) in [6, 6.07) is 6.19. The summed E-state index contributed by atoms with van der Waals surface area (Å²) < 4.78 is 0. The fourth-order valence-corrected chi connectivity index (χ4v) is 2.23. The van der Waals surface area contributed by atoms with Crippen LogP contribution in [-0.4, -0.2) is 50.4 Å². The predicted octanol–water partition coefficient (Wildman–Crippen LogP) is -0.176. The zero-order valence-corrected chi connectivity index (χ0v) is 15.6. The summed E-state index contributed by atoms with van der Waals surface area (Å²) in [5.41, 5.74) is 0.646. The zero-order valence-electron chi connectivity index (χ0n) is 14.8. The fourth-order valence-electron chi connectivity index (χ4n) is 2.11. The monoisotopic (exact) mass is 369 g/mol. The molecule has 3 amide bonds. The van der Waals surface area contributed by atoms with Gasteiger partial charge in [0.15, 0.2) is 13.1 Å². The molecule has 138 valence electrons. The lowest BCUT2D eigenvalue weighted by Gasteiger charge is -2.16. The Balaban J connectivity index is 2.35. The van der Waals surface area contributed by atoms with Gasteiger partial charge in [0.05, 0.1) is 7.05 Å². The van der Waals surface area contributed by atoms with E-state index in [0.29, 0.717) is 22.2 Å². The van der Waals surface area contributed by atoms with Gasteiger partial charge >= 0.3 is 0 Å². The molecule has 0 bridgehead atoms. The van der Waals surface area contributed by atoms with Gasteiger partial charge in [0.2, 0.25) is 5.91 Å². The van der Waals surface area contributed by atoms with E-state index in [9.17, 15) is 14.4 Å². The van der Waals surface area contributed by atoms with E-state index in [4.69, 9.17) is 11.6 Å². The van der Waals surface area contributed by atoms with Gasteiger partial charge in [-0.3, -0.25) is 14.4 Å². The average Bonchev–Trinajstić information content (AvgIpc) is 2.54. The quantitative estimate of drug-likeness (QED) is 0.487. The number of likely N-dealkylation sites (N-methyl/N-ethyl adjacent to an activating group) is 1. The molecule has 0 radical (unpaired) electrons. The van der Waals surface area contributed by atoms with Gasteiger partial charge in [-0.1, -0.05) is 18.5 Å². The van der Waals surface area contributed by atoms with Crippen LogP contribution in [0.1, 0.15) is 20.3 Å². The standard InChI is InChI=1S/C17H25ClN4O3/c1-4-9-19-17(25)12(2)20-15(23)10-22(3)11-16(24)21-14-7-5-13(18)6-8-14/h5-8,12H,4,9-11H2,1-3H3,(H,19,25)(H,20,23)(H,21,24)/p+1/t12-/m1/s1. The molecule has 1 unspecified atom stereocenters. The summed E-state index contributed by atoms with van der Waals surface area (Å²) in [4.78, 5) is 36.4. The minimum atomic E-state index is -0.602. The maximum Gasteiger partial charge on any atom is 0.279 e. The van der Waals surface area contributed by atoms with Crippen molar-refractivity contribution in [3.63, 3.8) is 0 Å². The summed E-state index contributed by atoms with van der Waals surface area (Å²) >= 11 is 5.79. The number of anilines is 1. The van der Waals surface area contributed by atoms with Crippen LogP contribution in [0.25, 0.3) is 0 Å². The molecule has 2 atom stereocenters. The van der Waals surface area contributed by atoms with Crippen LogP contribution in [0.5, 0.6) is 0 Å². The van der Waals surface area contributed by atoms with Crippen molar-refractivity contribution in [2.45, 2.75) is 26.3 Å². The second kappa shape index (κ2) is 10.7. The van der Waals surface area contributed by atoms with Gasteiger partial charge in [0, 0.05) is 17.3 Å². The van der Waals surface area contributed by atoms with Gasteiger partial charge in [0.25, 0.3) is 11.8 Å². The van der Waals surface area contributed by atoms with E-state index in [0.717, 1.165) is 6.42 Å². The molecule has 0 spiro atoms. The van der Waals surface area contributed by atoms with Crippen LogP contribution in [0, 0.1) is 0 Å². The molecule has 0 saturated heterocycles. The van der Waals surface area contributed by atoms with Gasteiger partial charge in [-0.05, 0) is 37.6 Å². The topological polar surface area (TPSA) is 91.7 Å². The molecule has 4 N–H and O–H groups in total. The number of rotatable bonds is 9. The number of benzene rings is 1. The van der Waals surface area contributed by atoms with E-state index in [1.165, 1.54) is 0 Å². The van der Waals surface area contributed by atoms with E-state index < -0.39 is 6.04 Å².